The first-order valence-electron chi connectivity index (χ1n) is 8.90. The van der Waals surface area contributed by atoms with Crippen molar-refractivity contribution in [1.29, 1.82) is 0 Å². The number of benzene rings is 1. The largest absolute Gasteiger partial charge is 0.341 e. The lowest BCUT2D eigenvalue weighted by atomic mass is 10.1. The Hall–Kier alpha value is -2.45. The highest BCUT2D eigenvalue weighted by atomic mass is 35.5. The lowest BCUT2D eigenvalue weighted by Gasteiger charge is -2.17. The Labute approximate surface area is 163 Å². The minimum Gasteiger partial charge on any atom is -0.341 e. The molecule has 144 valence electrons. The van der Waals surface area contributed by atoms with E-state index in [1.54, 1.807) is 4.90 Å². The second-order valence-corrected chi connectivity index (χ2v) is 6.72. The summed E-state index contributed by atoms with van der Waals surface area (Å²) < 4.78 is 6.77. The maximum atomic E-state index is 12.5. The van der Waals surface area contributed by atoms with Crippen molar-refractivity contribution in [1.82, 2.24) is 30.3 Å². The van der Waals surface area contributed by atoms with E-state index in [4.69, 9.17) is 4.63 Å². The van der Waals surface area contributed by atoms with Gasteiger partial charge in [-0.3, -0.25) is 9.48 Å². The molecule has 0 spiro atoms. The number of carbonyl (C=O) groups excluding carboxylic acids is 1. The molecule has 1 aromatic carbocycles. The summed E-state index contributed by atoms with van der Waals surface area (Å²) in [6, 6.07) is 7.80. The molecule has 2 aromatic heterocycles. The molecule has 0 fully saturated rings. The van der Waals surface area contributed by atoms with Gasteiger partial charge in [0, 0.05) is 39.5 Å². The summed E-state index contributed by atoms with van der Waals surface area (Å²) in [6.07, 6.45) is 2.20. The third-order valence-electron chi connectivity index (χ3n) is 4.70. The van der Waals surface area contributed by atoms with Crippen LogP contribution in [0.4, 0.5) is 0 Å². The highest BCUT2D eigenvalue weighted by molar-refractivity contribution is 5.85. The number of amides is 1. The first-order valence-corrected chi connectivity index (χ1v) is 8.90. The first kappa shape index (κ1) is 19.3. The Bertz CT molecular complexity index is 898. The predicted octanol–water partition coefficient (Wildman–Crippen LogP) is 1.93. The maximum absolute atomic E-state index is 12.5. The van der Waals surface area contributed by atoms with Crippen LogP contribution in [0, 0.1) is 0 Å². The average molecular weight is 391 g/mol. The van der Waals surface area contributed by atoms with Crippen LogP contribution in [0.2, 0.25) is 0 Å². The van der Waals surface area contributed by atoms with E-state index in [1.807, 2.05) is 25.2 Å². The Morgan fingerprint density at radius 2 is 2.15 bits per heavy atom. The van der Waals surface area contributed by atoms with Crippen molar-refractivity contribution in [2.75, 3.05) is 13.6 Å². The number of hydrogen-bond acceptors (Lipinski definition) is 6. The number of nitrogens with zero attached hydrogens (tertiary/aromatic N) is 5. The van der Waals surface area contributed by atoms with Gasteiger partial charge in [0.2, 0.25) is 5.91 Å². The van der Waals surface area contributed by atoms with Gasteiger partial charge in [-0.15, -0.1) is 12.4 Å². The molecule has 0 saturated heterocycles. The van der Waals surface area contributed by atoms with Crippen LogP contribution in [0.3, 0.4) is 0 Å². The molecule has 0 atom stereocenters. The number of aryl methyl sites for hydroxylation is 2. The van der Waals surface area contributed by atoms with Gasteiger partial charge in [0.15, 0.2) is 0 Å². The summed E-state index contributed by atoms with van der Waals surface area (Å²) in [5.41, 5.74) is 4.62. The van der Waals surface area contributed by atoms with Crippen LogP contribution in [0.1, 0.15) is 29.8 Å². The summed E-state index contributed by atoms with van der Waals surface area (Å²) >= 11 is 0. The second-order valence-electron chi connectivity index (χ2n) is 6.72. The van der Waals surface area contributed by atoms with Crippen LogP contribution in [0.15, 0.2) is 28.9 Å². The van der Waals surface area contributed by atoms with E-state index < -0.39 is 0 Å². The number of carbonyl (C=O) groups is 1. The fourth-order valence-electron chi connectivity index (χ4n) is 3.26. The minimum atomic E-state index is 0. The summed E-state index contributed by atoms with van der Waals surface area (Å²) in [4.78, 5) is 14.2. The zero-order valence-electron chi connectivity index (χ0n) is 15.2. The molecule has 0 saturated carbocycles. The van der Waals surface area contributed by atoms with Crippen molar-refractivity contribution in [3.8, 4) is 0 Å². The molecule has 1 N–H and O–H groups in total. The van der Waals surface area contributed by atoms with Crippen LogP contribution in [-0.2, 0) is 30.8 Å². The summed E-state index contributed by atoms with van der Waals surface area (Å²) in [6.45, 7) is 3.35. The molecule has 9 heteroatoms. The minimum absolute atomic E-state index is 0. The van der Waals surface area contributed by atoms with E-state index in [9.17, 15) is 4.79 Å². The van der Waals surface area contributed by atoms with Gasteiger partial charge in [-0.1, -0.05) is 6.07 Å². The monoisotopic (exact) mass is 390 g/mol. The van der Waals surface area contributed by atoms with Crippen LogP contribution >= 0.6 is 12.4 Å². The predicted molar refractivity (Wildman–Crippen MR) is 102 cm³/mol. The van der Waals surface area contributed by atoms with Crippen molar-refractivity contribution in [2.24, 2.45) is 0 Å². The number of aromatic nitrogens is 4. The molecule has 27 heavy (non-hydrogen) atoms. The van der Waals surface area contributed by atoms with E-state index in [1.165, 1.54) is 5.69 Å². The van der Waals surface area contributed by atoms with E-state index in [-0.39, 0.29) is 18.3 Å². The van der Waals surface area contributed by atoms with Gasteiger partial charge in [-0.25, -0.2) is 4.63 Å². The van der Waals surface area contributed by atoms with Crippen molar-refractivity contribution in [2.45, 2.75) is 38.9 Å². The molecular formula is C18H23ClN6O2. The number of rotatable bonds is 5. The SMILES string of the molecule is CN(Cc1ccc2nonc2c1)C(=O)CCc1cc2n(n1)CCCNC2.Cl. The third kappa shape index (κ3) is 4.45. The van der Waals surface area contributed by atoms with E-state index >= 15 is 0 Å². The quantitative estimate of drug-likeness (QED) is 0.716. The summed E-state index contributed by atoms with van der Waals surface area (Å²) in [7, 11) is 1.82. The van der Waals surface area contributed by atoms with Crippen molar-refractivity contribution in [3.63, 3.8) is 0 Å². The van der Waals surface area contributed by atoms with Gasteiger partial charge in [0.05, 0.1) is 11.4 Å². The molecule has 3 aromatic rings. The number of hydrogen-bond donors (Lipinski definition) is 1. The Kier molecular flexibility index (Phi) is 6.08. The fraction of sp³-hybridized carbons (Fsp3) is 0.444. The Balaban J connectivity index is 0.00000210. The van der Waals surface area contributed by atoms with Crippen molar-refractivity contribution >= 4 is 29.3 Å². The molecule has 0 unspecified atom stereocenters. The zero-order chi connectivity index (χ0) is 17.9. The molecule has 3 heterocycles. The number of nitrogens with one attached hydrogen (secondary N) is 1. The maximum Gasteiger partial charge on any atom is 0.223 e. The highest BCUT2D eigenvalue weighted by Crippen LogP contribution is 2.14. The number of fused-ring (bicyclic) bond motifs is 2. The fourth-order valence-corrected chi connectivity index (χ4v) is 3.26. The zero-order valence-corrected chi connectivity index (χ0v) is 16.0. The van der Waals surface area contributed by atoms with Crippen LogP contribution < -0.4 is 5.32 Å². The normalized spacial score (nSPS) is 13.7. The first-order chi connectivity index (χ1) is 12.7. The standard InChI is InChI=1S/C18H22N6O2.ClH/c1-23(12-13-3-5-16-17(9-13)22-26-21-16)18(25)6-4-14-10-15-11-19-7-2-8-24(15)20-14;/h3,5,9-10,19H,2,4,6-8,11-12H2,1H3;1H. The molecule has 0 radical (unpaired) electrons. The Morgan fingerprint density at radius 3 is 3.04 bits per heavy atom. The molecule has 8 nitrogen and oxygen atoms in total. The van der Waals surface area contributed by atoms with Crippen molar-refractivity contribution < 1.29 is 9.42 Å². The molecule has 1 amide bonds. The lowest BCUT2D eigenvalue weighted by molar-refractivity contribution is -0.130. The van der Waals surface area contributed by atoms with E-state index in [0.717, 1.165) is 42.8 Å². The second kappa shape index (κ2) is 8.49. The molecule has 1 aliphatic heterocycles. The molecule has 4 rings (SSSR count). The summed E-state index contributed by atoms with van der Waals surface area (Å²) in [5.74, 6) is 0.102. The molecular weight excluding hydrogens is 368 g/mol. The van der Waals surface area contributed by atoms with E-state index in [2.05, 4.69) is 31.5 Å². The van der Waals surface area contributed by atoms with Gasteiger partial charge < -0.3 is 10.2 Å². The van der Waals surface area contributed by atoms with Gasteiger partial charge >= 0.3 is 0 Å². The topological polar surface area (TPSA) is 89.1 Å². The van der Waals surface area contributed by atoms with Gasteiger partial charge in [0.1, 0.15) is 11.0 Å². The highest BCUT2D eigenvalue weighted by Gasteiger charge is 2.14. The van der Waals surface area contributed by atoms with E-state index in [0.29, 0.717) is 24.9 Å². The van der Waals surface area contributed by atoms with Crippen molar-refractivity contribution in [3.05, 3.63) is 41.2 Å². The number of halogens is 1. The Morgan fingerprint density at radius 1 is 1.30 bits per heavy atom. The molecule has 0 aliphatic carbocycles. The average Bonchev–Trinajstić information content (AvgIpc) is 3.20. The lowest BCUT2D eigenvalue weighted by Crippen LogP contribution is -2.26. The van der Waals surface area contributed by atoms with Gasteiger partial charge in [-0.2, -0.15) is 5.10 Å². The molecule has 0 bridgehead atoms. The summed E-state index contributed by atoms with van der Waals surface area (Å²) in [5, 5.41) is 15.7. The third-order valence-corrected chi connectivity index (χ3v) is 4.70. The smallest absolute Gasteiger partial charge is 0.223 e. The van der Waals surface area contributed by atoms with Gasteiger partial charge in [-0.05, 0) is 47.0 Å². The molecule has 1 aliphatic rings. The van der Waals surface area contributed by atoms with Crippen LogP contribution in [-0.4, -0.2) is 44.5 Å². The van der Waals surface area contributed by atoms with Crippen LogP contribution in [0.5, 0.6) is 0 Å². The van der Waals surface area contributed by atoms with Gasteiger partial charge in [0.25, 0.3) is 0 Å². The van der Waals surface area contributed by atoms with Crippen LogP contribution in [0.25, 0.3) is 11.0 Å².